The van der Waals surface area contributed by atoms with E-state index in [2.05, 4.69) is 10.8 Å². The number of nitrogens with zero attached hydrogens (tertiary/aromatic N) is 1. The minimum Gasteiger partial charge on any atom is -0.454 e. The van der Waals surface area contributed by atoms with Crippen molar-refractivity contribution in [1.29, 1.82) is 0 Å². The van der Waals surface area contributed by atoms with Gasteiger partial charge in [0.25, 0.3) is 0 Å². The predicted octanol–water partition coefficient (Wildman–Crippen LogP) is 1.67. The minimum absolute atomic E-state index is 0.0374. The van der Waals surface area contributed by atoms with Gasteiger partial charge in [0.05, 0.1) is 10.9 Å². The van der Waals surface area contributed by atoms with Crippen LogP contribution in [0, 0.1) is 0 Å². The van der Waals surface area contributed by atoms with Gasteiger partial charge in [0.15, 0.2) is 11.5 Å². The van der Waals surface area contributed by atoms with E-state index in [1.807, 2.05) is 18.2 Å². The van der Waals surface area contributed by atoms with E-state index in [1.54, 1.807) is 17.9 Å². The summed E-state index contributed by atoms with van der Waals surface area (Å²) in [7, 11) is -3.86. The molecule has 0 radical (unpaired) electrons. The number of amides is 1. The Hall–Kier alpha value is -2.58. The van der Waals surface area contributed by atoms with Gasteiger partial charge in [-0.2, -0.15) is 4.72 Å². The van der Waals surface area contributed by atoms with Gasteiger partial charge in [0, 0.05) is 19.2 Å². The van der Waals surface area contributed by atoms with Crippen molar-refractivity contribution in [3.63, 3.8) is 0 Å². The van der Waals surface area contributed by atoms with Crippen molar-refractivity contribution < 1.29 is 22.7 Å². The Balaban J connectivity index is 1.47. The maximum atomic E-state index is 12.8. The van der Waals surface area contributed by atoms with Gasteiger partial charge in [0.2, 0.25) is 22.7 Å². The van der Waals surface area contributed by atoms with Crippen molar-refractivity contribution in [2.24, 2.45) is 0 Å². The van der Waals surface area contributed by atoms with E-state index in [0.29, 0.717) is 24.6 Å². The molecule has 1 N–H and O–H groups in total. The first-order chi connectivity index (χ1) is 12.9. The summed E-state index contributed by atoms with van der Waals surface area (Å²) in [4.78, 5) is 14.5. The quantitative estimate of drug-likeness (QED) is 0.861. The second-order valence-corrected chi connectivity index (χ2v) is 8.35. The monoisotopic (exact) mass is 388 g/mol. The van der Waals surface area contributed by atoms with Crippen LogP contribution in [0.3, 0.4) is 0 Å². The number of ether oxygens (including phenoxy) is 2. The fourth-order valence-corrected chi connectivity index (χ4v) is 4.56. The Morgan fingerprint density at radius 3 is 2.67 bits per heavy atom. The van der Waals surface area contributed by atoms with Crippen LogP contribution in [0.2, 0.25) is 0 Å². The molecule has 27 heavy (non-hydrogen) atoms. The van der Waals surface area contributed by atoms with Gasteiger partial charge in [-0.05, 0) is 36.6 Å². The molecule has 1 amide bonds. The van der Waals surface area contributed by atoms with E-state index >= 15 is 0 Å². The average molecular weight is 388 g/mol. The van der Waals surface area contributed by atoms with Crippen LogP contribution in [0.5, 0.6) is 11.5 Å². The smallest absolute Gasteiger partial charge is 0.241 e. The molecule has 0 spiro atoms. The normalized spacial score (nSPS) is 16.7. The highest BCUT2D eigenvalue weighted by Gasteiger charge is 2.29. The molecule has 0 saturated heterocycles. The van der Waals surface area contributed by atoms with E-state index in [1.165, 1.54) is 17.7 Å². The number of nitrogens with one attached hydrogen (secondary N) is 1. The summed E-state index contributed by atoms with van der Waals surface area (Å²) in [5.41, 5.74) is 2.33. The second-order valence-electron chi connectivity index (χ2n) is 6.64. The molecule has 2 aromatic carbocycles. The number of benzene rings is 2. The van der Waals surface area contributed by atoms with Crippen LogP contribution in [0.15, 0.2) is 47.4 Å². The molecule has 2 heterocycles. The summed E-state index contributed by atoms with van der Waals surface area (Å²) >= 11 is 0. The zero-order valence-electron chi connectivity index (χ0n) is 14.8. The molecule has 2 aliphatic rings. The van der Waals surface area contributed by atoms with Gasteiger partial charge in [-0.3, -0.25) is 4.79 Å². The van der Waals surface area contributed by atoms with E-state index in [-0.39, 0.29) is 17.6 Å². The Labute approximate surface area is 157 Å². The lowest BCUT2D eigenvalue weighted by atomic mass is 9.99. The first-order valence-electron chi connectivity index (χ1n) is 8.71. The maximum absolute atomic E-state index is 12.8. The molecule has 0 unspecified atom stereocenters. The van der Waals surface area contributed by atoms with E-state index in [9.17, 15) is 13.2 Å². The number of hydrogen-bond acceptors (Lipinski definition) is 5. The Bertz CT molecular complexity index is 989. The molecule has 0 fully saturated rings. The molecular weight excluding hydrogens is 368 g/mol. The van der Waals surface area contributed by atoms with Crippen LogP contribution in [0.1, 0.15) is 18.1 Å². The molecular formula is C19H20N2O5S. The fraction of sp³-hybridized carbons (Fsp3) is 0.316. The number of carbonyl (C=O) groups is 1. The second kappa shape index (κ2) is 6.86. The van der Waals surface area contributed by atoms with Crippen LogP contribution < -0.4 is 14.2 Å². The van der Waals surface area contributed by atoms with Gasteiger partial charge >= 0.3 is 0 Å². The zero-order valence-corrected chi connectivity index (χ0v) is 15.7. The van der Waals surface area contributed by atoms with Crippen molar-refractivity contribution in [2.45, 2.75) is 30.8 Å². The molecule has 0 aromatic heterocycles. The summed E-state index contributed by atoms with van der Waals surface area (Å²) < 4.78 is 38.2. The standard InChI is InChI=1S/C19H20N2O5S/c1-13(19(22)21-9-8-14-4-2-3-5-15(14)11-21)20-27(23,24)16-6-7-17-18(10-16)26-12-25-17/h2-7,10,13,20H,8-9,11-12H2,1H3/t13-/m1/s1. The Kier molecular flexibility index (Phi) is 4.53. The molecule has 142 valence electrons. The Morgan fingerprint density at radius 2 is 1.85 bits per heavy atom. The van der Waals surface area contributed by atoms with E-state index in [4.69, 9.17) is 9.47 Å². The molecule has 7 nitrogen and oxygen atoms in total. The van der Waals surface area contributed by atoms with E-state index in [0.717, 1.165) is 12.0 Å². The summed E-state index contributed by atoms with van der Waals surface area (Å²) in [6, 6.07) is 11.5. The van der Waals surface area contributed by atoms with Crippen molar-refractivity contribution >= 4 is 15.9 Å². The predicted molar refractivity (Wildman–Crippen MR) is 97.9 cm³/mol. The molecule has 4 rings (SSSR count). The van der Waals surface area contributed by atoms with Gasteiger partial charge in [-0.1, -0.05) is 24.3 Å². The fourth-order valence-electron chi connectivity index (χ4n) is 3.35. The first kappa shape index (κ1) is 17.8. The molecule has 1 atom stereocenters. The lowest BCUT2D eigenvalue weighted by Crippen LogP contribution is -2.48. The molecule has 0 aliphatic carbocycles. The number of sulfonamides is 1. The van der Waals surface area contributed by atoms with Crippen molar-refractivity contribution in [3.8, 4) is 11.5 Å². The largest absolute Gasteiger partial charge is 0.454 e. The minimum atomic E-state index is -3.86. The van der Waals surface area contributed by atoms with Crippen LogP contribution in [0.25, 0.3) is 0 Å². The summed E-state index contributed by atoms with van der Waals surface area (Å²) in [6.45, 7) is 2.70. The highest BCUT2D eigenvalue weighted by Crippen LogP contribution is 2.33. The van der Waals surface area contributed by atoms with Gasteiger partial charge in [-0.25, -0.2) is 8.42 Å². The lowest BCUT2D eigenvalue weighted by Gasteiger charge is -2.31. The van der Waals surface area contributed by atoms with Crippen LogP contribution in [-0.2, 0) is 27.8 Å². The molecule has 0 bridgehead atoms. The van der Waals surface area contributed by atoms with Crippen molar-refractivity contribution in [3.05, 3.63) is 53.6 Å². The third kappa shape index (κ3) is 3.50. The number of rotatable bonds is 4. The zero-order chi connectivity index (χ0) is 19.0. The molecule has 0 saturated carbocycles. The highest BCUT2D eigenvalue weighted by atomic mass is 32.2. The highest BCUT2D eigenvalue weighted by molar-refractivity contribution is 7.89. The SMILES string of the molecule is C[C@@H](NS(=O)(=O)c1ccc2c(c1)OCO2)C(=O)N1CCc2ccccc2C1. The van der Waals surface area contributed by atoms with Gasteiger partial charge in [-0.15, -0.1) is 0 Å². The summed E-state index contributed by atoms with van der Waals surface area (Å²) in [5.74, 6) is 0.642. The van der Waals surface area contributed by atoms with E-state index < -0.39 is 16.1 Å². The third-order valence-corrected chi connectivity index (χ3v) is 6.34. The van der Waals surface area contributed by atoms with Crippen molar-refractivity contribution in [2.75, 3.05) is 13.3 Å². The first-order valence-corrected chi connectivity index (χ1v) is 10.2. The van der Waals surface area contributed by atoms with Crippen LogP contribution in [0.4, 0.5) is 0 Å². The molecule has 2 aromatic rings. The number of fused-ring (bicyclic) bond motifs is 2. The topological polar surface area (TPSA) is 84.9 Å². The Morgan fingerprint density at radius 1 is 1.11 bits per heavy atom. The van der Waals surface area contributed by atoms with Crippen LogP contribution in [-0.4, -0.2) is 38.6 Å². The van der Waals surface area contributed by atoms with Gasteiger partial charge in [0.1, 0.15) is 0 Å². The number of carbonyl (C=O) groups excluding carboxylic acids is 1. The van der Waals surface area contributed by atoms with Gasteiger partial charge < -0.3 is 14.4 Å². The number of hydrogen-bond donors (Lipinski definition) is 1. The summed E-state index contributed by atoms with van der Waals surface area (Å²) in [6.07, 6.45) is 0.767. The third-order valence-electron chi connectivity index (χ3n) is 4.80. The molecule has 2 aliphatic heterocycles. The summed E-state index contributed by atoms with van der Waals surface area (Å²) in [5, 5.41) is 0. The lowest BCUT2D eigenvalue weighted by molar-refractivity contribution is -0.133. The maximum Gasteiger partial charge on any atom is 0.241 e. The van der Waals surface area contributed by atoms with Crippen molar-refractivity contribution in [1.82, 2.24) is 9.62 Å². The van der Waals surface area contributed by atoms with Crippen LogP contribution >= 0.6 is 0 Å². The molecule has 8 heteroatoms. The average Bonchev–Trinajstić information content (AvgIpc) is 3.14.